The summed E-state index contributed by atoms with van der Waals surface area (Å²) in [7, 11) is 2.67. The van der Waals surface area contributed by atoms with Crippen LogP contribution in [-0.4, -0.2) is 105 Å². The van der Waals surface area contributed by atoms with Gasteiger partial charge in [-0.3, -0.25) is 38.3 Å². The highest BCUT2D eigenvalue weighted by Crippen LogP contribution is 2.42. The molecule has 0 saturated carbocycles. The predicted molar refractivity (Wildman–Crippen MR) is 273 cm³/mol. The molecule has 2 aromatic carbocycles. The van der Waals surface area contributed by atoms with Crippen molar-refractivity contribution < 1.29 is 33.4 Å². The number of nitrogens with one attached hydrogen (secondary N) is 2. The molecule has 4 aromatic heterocycles. The van der Waals surface area contributed by atoms with Crippen LogP contribution in [0.25, 0.3) is 10.0 Å². The van der Waals surface area contributed by atoms with Gasteiger partial charge in [0.2, 0.25) is 0 Å². The van der Waals surface area contributed by atoms with Crippen LogP contribution in [-0.2, 0) is 23.8 Å². The van der Waals surface area contributed by atoms with Crippen molar-refractivity contribution in [3.05, 3.63) is 125 Å². The van der Waals surface area contributed by atoms with Gasteiger partial charge in [0.1, 0.15) is 33.7 Å². The summed E-state index contributed by atoms with van der Waals surface area (Å²) in [4.78, 5) is 64.7. The average Bonchev–Trinajstić information content (AvgIpc) is 4.05. The van der Waals surface area contributed by atoms with Crippen molar-refractivity contribution in [2.75, 3.05) is 40.5 Å². The van der Waals surface area contributed by atoms with Gasteiger partial charge in [-0.25, -0.2) is 0 Å². The average molecular weight is 1040 g/mol. The standard InChI is InChI=1S/C50H54Cl2N10O7S2/c1-25-37-39(29-11-15-31(51)16-12-29)55-33(19-35(63)67-9)43-59-57-27(3)61(43)47(37)70-41(25)45(65)53-21-49(5,6)23-69-24-50(7,8)22-54-46(66)42-26(2)38-40(30-13-17-32(52)18-14-30)56-34(20-36(64)68-10)44-60-58-28(4)62(44)48(38)71-42/h11-18,33-34H,19-24H2,1-10H3,(H,53,65)(H,54,66)/t33-,34-/m0/s1. The van der Waals surface area contributed by atoms with Crippen LogP contribution >= 0.6 is 45.9 Å². The second kappa shape index (κ2) is 20.5. The summed E-state index contributed by atoms with van der Waals surface area (Å²) in [6.07, 6.45) is -0.101. The van der Waals surface area contributed by atoms with Gasteiger partial charge in [0.15, 0.2) is 11.6 Å². The first-order valence-electron chi connectivity index (χ1n) is 22.8. The summed E-state index contributed by atoms with van der Waals surface area (Å²) in [5, 5.41) is 26.4. The minimum absolute atomic E-state index is 0.0507. The number of carbonyl (C=O) groups is 4. The minimum atomic E-state index is -0.691. The third-order valence-corrected chi connectivity index (χ3v) is 15.3. The zero-order valence-electron chi connectivity index (χ0n) is 41.0. The van der Waals surface area contributed by atoms with Crippen LogP contribution in [0.5, 0.6) is 0 Å². The lowest BCUT2D eigenvalue weighted by molar-refractivity contribution is -0.142. The van der Waals surface area contributed by atoms with Crippen molar-refractivity contribution in [3.8, 4) is 10.0 Å². The number of amides is 2. The molecule has 2 N–H and O–H groups in total. The Hall–Kier alpha value is -6.12. The first-order valence-corrected chi connectivity index (χ1v) is 25.2. The molecule has 0 fully saturated rings. The fraction of sp³-hybridized carbons (Fsp3) is 0.400. The van der Waals surface area contributed by atoms with Crippen molar-refractivity contribution in [1.29, 1.82) is 0 Å². The van der Waals surface area contributed by atoms with Gasteiger partial charge in [-0.1, -0.05) is 75.2 Å². The smallest absolute Gasteiger partial charge is 0.308 e. The molecule has 0 radical (unpaired) electrons. The lowest BCUT2D eigenvalue weighted by atomic mass is 9.92. The number of aromatic nitrogens is 6. The maximum absolute atomic E-state index is 14.1. The summed E-state index contributed by atoms with van der Waals surface area (Å²) < 4.78 is 20.1. The van der Waals surface area contributed by atoms with Crippen molar-refractivity contribution in [2.24, 2.45) is 20.8 Å². The lowest BCUT2D eigenvalue weighted by Gasteiger charge is -2.29. The quantitative estimate of drug-likeness (QED) is 0.0878. The fourth-order valence-corrected chi connectivity index (χ4v) is 11.3. The molecule has 8 rings (SSSR count). The second-order valence-corrected chi connectivity index (χ2v) is 22.0. The zero-order valence-corrected chi connectivity index (χ0v) is 44.2. The Labute approximate surface area is 429 Å². The molecule has 6 heterocycles. The highest BCUT2D eigenvalue weighted by Gasteiger charge is 2.37. The van der Waals surface area contributed by atoms with Gasteiger partial charge in [0, 0.05) is 56.2 Å². The number of halogens is 2. The Kier molecular flexibility index (Phi) is 14.8. The molecule has 0 unspecified atom stereocenters. The Morgan fingerprint density at radius 3 is 1.32 bits per heavy atom. The third kappa shape index (κ3) is 10.6. The number of aliphatic imine (C=N–C) groups is 2. The summed E-state index contributed by atoms with van der Waals surface area (Å²) in [6.45, 7) is 16.8. The van der Waals surface area contributed by atoms with Crippen LogP contribution in [0.1, 0.15) is 129 Å². The van der Waals surface area contributed by atoms with Crippen LogP contribution in [0.3, 0.4) is 0 Å². The molecule has 2 aliphatic heterocycles. The zero-order chi connectivity index (χ0) is 51.1. The molecule has 2 amide bonds. The molecule has 0 saturated heterocycles. The van der Waals surface area contributed by atoms with Gasteiger partial charge in [-0.15, -0.1) is 43.1 Å². The van der Waals surface area contributed by atoms with Crippen LogP contribution in [0.4, 0.5) is 0 Å². The Morgan fingerprint density at radius 1 is 0.606 bits per heavy atom. The van der Waals surface area contributed by atoms with Crippen molar-refractivity contribution in [1.82, 2.24) is 40.2 Å². The molecule has 2 aliphatic rings. The van der Waals surface area contributed by atoms with E-state index in [2.05, 4.69) is 31.0 Å². The van der Waals surface area contributed by atoms with Crippen LogP contribution < -0.4 is 10.6 Å². The van der Waals surface area contributed by atoms with E-state index in [1.54, 1.807) is 24.3 Å². The predicted octanol–water partition coefficient (Wildman–Crippen LogP) is 8.65. The van der Waals surface area contributed by atoms with E-state index in [1.165, 1.54) is 36.9 Å². The van der Waals surface area contributed by atoms with E-state index in [1.807, 2.05) is 88.8 Å². The molecule has 6 aromatic rings. The number of nitrogens with zero attached hydrogens (tertiary/aromatic N) is 8. The molecule has 0 aliphatic carbocycles. The van der Waals surface area contributed by atoms with E-state index < -0.39 is 34.9 Å². The summed E-state index contributed by atoms with van der Waals surface area (Å²) in [5.74, 6) is 0.713. The van der Waals surface area contributed by atoms with Crippen LogP contribution in [0.15, 0.2) is 58.5 Å². The number of rotatable bonds is 16. The molecular weight excluding hydrogens is 988 g/mol. The van der Waals surface area contributed by atoms with E-state index >= 15 is 0 Å². The number of ether oxygens (including phenoxy) is 3. The van der Waals surface area contributed by atoms with Crippen molar-refractivity contribution in [3.63, 3.8) is 0 Å². The van der Waals surface area contributed by atoms with Crippen LogP contribution in [0, 0.1) is 38.5 Å². The van der Waals surface area contributed by atoms with Gasteiger partial charge in [-0.05, 0) is 63.1 Å². The largest absolute Gasteiger partial charge is 0.469 e. The summed E-state index contributed by atoms with van der Waals surface area (Å²) >= 11 is 15.2. The Balaban J connectivity index is 0.943. The maximum atomic E-state index is 14.1. The first-order chi connectivity index (χ1) is 33.7. The normalized spacial score (nSPS) is 15.3. The fourth-order valence-electron chi connectivity index (χ4n) is 8.46. The number of benzene rings is 2. The third-order valence-electron chi connectivity index (χ3n) is 12.3. The van der Waals surface area contributed by atoms with Gasteiger partial charge in [-0.2, -0.15) is 0 Å². The molecule has 0 spiro atoms. The number of esters is 2. The highest BCUT2D eigenvalue weighted by atomic mass is 35.5. The number of carbonyl (C=O) groups excluding carboxylic acids is 4. The number of thiophene rings is 2. The topological polar surface area (TPSA) is 206 Å². The highest BCUT2D eigenvalue weighted by molar-refractivity contribution is 7.17. The lowest BCUT2D eigenvalue weighted by Crippen LogP contribution is -2.39. The second-order valence-electron chi connectivity index (χ2n) is 19.1. The number of aryl methyl sites for hydroxylation is 2. The first kappa shape index (κ1) is 51.2. The van der Waals surface area contributed by atoms with Crippen molar-refractivity contribution in [2.45, 2.75) is 80.3 Å². The maximum Gasteiger partial charge on any atom is 0.308 e. The van der Waals surface area contributed by atoms with Gasteiger partial charge >= 0.3 is 11.9 Å². The molecule has 2 atom stereocenters. The number of hydrogen-bond acceptors (Lipinski definition) is 15. The number of methoxy groups -OCH3 is 2. The molecule has 71 heavy (non-hydrogen) atoms. The number of hydrogen-bond donors (Lipinski definition) is 2. The van der Waals surface area contributed by atoms with Crippen molar-refractivity contribution >= 4 is 81.1 Å². The van der Waals surface area contributed by atoms with E-state index in [0.717, 1.165) is 33.4 Å². The Bertz CT molecular complexity index is 2910. The summed E-state index contributed by atoms with van der Waals surface area (Å²) in [6, 6.07) is 13.2. The van der Waals surface area contributed by atoms with Gasteiger partial charge in [0.25, 0.3) is 11.8 Å². The molecule has 0 bridgehead atoms. The van der Waals surface area contributed by atoms with E-state index in [9.17, 15) is 19.2 Å². The van der Waals surface area contributed by atoms with E-state index in [0.29, 0.717) is 90.8 Å². The number of fused-ring (bicyclic) bond motifs is 6. The van der Waals surface area contributed by atoms with Gasteiger partial charge in [0.05, 0.1) is 61.5 Å². The molecular formula is C50H54Cl2N10O7S2. The summed E-state index contributed by atoms with van der Waals surface area (Å²) in [5.41, 5.74) is 4.69. The van der Waals surface area contributed by atoms with Gasteiger partial charge < -0.3 is 24.8 Å². The van der Waals surface area contributed by atoms with E-state index in [-0.39, 0.29) is 24.7 Å². The van der Waals surface area contributed by atoms with Crippen LogP contribution in [0.2, 0.25) is 10.0 Å². The minimum Gasteiger partial charge on any atom is -0.469 e. The molecule has 17 nitrogen and oxygen atoms in total. The SMILES string of the molecule is COC(=O)C[C@@H]1N=C(c2ccc(Cl)cc2)c2c(sc(C(=O)NCC(C)(C)COCC(C)(C)CNC(=O)c3sc4c(c3C)C(c3ccc(Cl)cc3)=N[C@@H](CC(=O)OC)c3nnc(C)n3-4)c2C)-n2c(C)nnc21. The molecule has 21 heteroatoms. The molecule has 372 valence electrons. The van der Waals surface area contributed by atoms with E-state index in [4.69, 9.17) is 47.4 Å². The Morgan fingerprint density at radius 2 is 0.972 bits per heavy atom. The monoisotopic (exact) mass is 1040 g/mol.